The summed E-state index contributed by atoms with van der Waals surface area (Å²) in [5, 5.41) is 18.5. The Labute approximate surface area is 133 Å². The zero-order valence-electron chi connectivity index (χ0n) is 12.9. The summed E-state index contributed by atoms with van der Waals surface area (Å²) in [5.41, 5.74) is 1.88. The minimum atomic E-state index is -1.08. The molecule has 0 radical (unpaired) electrons. The van der Waals surface area contributed by atoms with Crippen molar-refractivity contribution in [3.63, 3.8) is 0 Å². The van der Waals surface area contributed by atoms with Gasteiger partial charge in [-0.3, -0.25) is 9.59 Å². The van der Waals surface area contributed by atoms with Crippen LogP contribution in [0.3, 0.4) is 0 Å². The molecule has 120 valence electrons. The Balaban J connectivity index is 2.17. The molecule has 2 N–H and O–H groups in total. The van der Waals surface area contributed by atoms with E-state index in [9.17, 15) is 14.7 Å². The van der Waals surface area contributed by atoms with Crippen molar-refractivity contribution in [1.29, 1.82) is 0 Å². The first-order valence-electron chi connectivity index (χ1n) is 7.06. The van der Waals surface area contributed by atoms with Crippen molar-refractivity contribution >= 4 is 11.8 Å². The third-order valence-corrected chi connectivity index (χ3v) is 3.46. The number of aliphatic carboxylic acids is 1. The molecule has 0 bridgehead atoms. The summed E-state index contributed by atoms with van der Waals surface area (Å²) in [6.45, 7) is 3.88. The number of benzene rings is 1. The van der Waals surface area contributed by atoms with Crippen LogP contribution in [-0.4, -0.2) is 26.9 Å². The molecular weight excluding hydrogens is 298 g/mol. The van der Waals surface area contributed by atoms with Crippen molar-refractivity contribution in [1.82, 2.24) is 4.98 Å². The number of carbonyl (C=O) groups excluding carboxylic acids is 1. The second-order valence-corrected chi connectivity index (χ2v) is 5.16. The number of ketones is 1. The van der Waals surface area contributed by atoms with E-state index in [1.165, 1.54) is 12.3 Å². The van der Waals surface area contributed by atoms with E-state index in [2.05, 4.69) is 4.98 Å². The van der Waals surface area contributed by atoms with E-state index in [4.69, 9.17) is 9.84 Å². The number of rotatable bonds is 6. The molecule has 0 aliphatic heterocycles. The summed E-state index contributed by atoms with van der Waals surface area (Å²) in [7, 11) is 0. The lowest BCUT2D eigenvalue weighted by atomic mass is 10.1. The van der Waals surface area contributed by atoms with Crippen molar-refractivity contribution in [3.8, 4) is 17.2 Å². The van der Waals surface area contributed by atoms with Crippen LogP contribution in [0, 0.1) is 13.8 Å². The number of carboxylic acid groups (broad SMARTS) is 1. The van der Waals surface area contributed by atoms with Gasteiger partial charge >= 0.3 is 5.97 Å². The fourth-order valence-electron chi connectivity index (χ4n) is 2.01. The monoisotopic (exact) mass is 315 g/mol. The van der Waals surface area contributed by atoms with Gasteiger partial charge in [-0.15, -0.1) is 0 Å². The molecule has 1 aromatic carbocycles. The number of aromatic nitrogens is 1. The van der Waals surface area contributed by atoms with Gasteiger partial charge in [0, 0.05) is 12.5 Å². The van der Waals surface area contributed by atoms with Crippen molar-refractivity contribution in [3.05, 3.63) is 47.3 Å². The topological polar surface area (TPSA) is 96.7 Å². The zero-order chi connectivity index (χ0) is 17.0. The van der Waals surface area contributed by atoms with Crippen LogP contribution in [-0.2, 0) is 4.79 Å². The molecule has 1 aromatic heterocycles. The largest absolute Gasteiger partial charge is 0.505 e. The van der Waals surface area contributed by atoms with Crippen LogP contribution >= 0.6 is 0 Å². The highest BCUT2D eigenvalue weighted by molar-refractivity contribution is 5.98. The Hall–Kier alpha value is -2.89. The van der Waals surface area contributed by atoms with Gasteiger partial charge < -0.3 is 14.9 Å². The molecular formula is C17H17NO5. The number of Topliss-reactive ketones (excluding diaryl/α,β-unsaturated/α-hetero) is 1. The second kappa shape index (κ2) is 6.91. The van der Waals surface area contributed by atoms with E-state index in [-0.39, 0.29) is 24.3 Å². The van der Waals surface area contributed by atoms with Crippen LogP contribution < -0.4 is 4.74 Å². The van der Waals surface area contributed by atoms with E-state index < -0.39 is 11.8 Å². The molecule has 2 rings (SSSR count). The Bertz CT molecular complexity index is 755. The number of aryl methyl sites for hydroxylation is 1. The zero-order valence-corrected chi connectivity index (χ0v) is 12.9. The van der Waals surface area contributed by atoms with Gasteiger partial charge in [-0.25, -0.2) is 4.98 Å². The highest BCUT2D eigenvalue weighted by Gasteiger charge is 2.16. The molecule has 6 heteroatoms. The van der Waals surface area contributed by atoms with Gasteiger partial charge in [0.2, 0.25) is 0 Å². The summed E-state index contributed by atoms with van der Waals surface area (Å²) in [5.74, 6) is -0.999. The van der Waals surface area contributed by atoms with Crippen molar-refractivity contribution in [2.45, 2.75) is 26.7 Å². The van der Waals surface area contributed by atoms with Crippen LogP contribution in [0.1, 0.15) is 34.5 Å². The number of hydrogen-bond acceptors (Lipinski definition) is 5. The molecule has 0 spiro atoms. The van der Waals surface area contributed by atoms with Crippen LogP contribution in [0.4, 0.5) is 0 Å². The Morgan fingerprint density at radius 2 is 1.96 bits per heavy atom. The van der Waals surface area contributed by atoms with Gasteiger partial charge in [0.1, 0.15) is 22.9 Å². The standard InChI is InChI=1S/C17H17NO5/c1-10-4-3-5-15(11(10)2)23-12-8-14(20)17(18-9-12)13(19)6-7-16(21)22/h3-5,8-9,20H,6-7H2,1-2H3,(H,21,22). The average molecular weight is 315 g/mol. The summed E-state index contributed by atoms with van der Waals surface area (Å²) < 4.78 is 5.68. The fraction of sp³-hybridized carbons (Fsp3) is 0.235. The molecule has 0 aliphatic rings. The molecule has 23 heavy (non-hydrogen) atoms. The van der Waals surface area contributed by atoms with E-state index in [0.717, 1.165) is 11.1 Å². The van der Waals surface area contributed by atoms with Crippen LogP contribution in [0.15, 0.2) is 30.5 Å². The van der Waals surface area contributed by atoms with Gasteiger partial charge in [-0.1, -0.05) is 12.1 Å². The van der Waals surface area contributed by atoms with E-state index in [1.807, 2.05) is 26.0 Å². The number of pyridine rings is 1. The number of carboxylic acids is 1. The smallest absolute Gasteiger partial charge is 0.303 e. The van der Waals surface area contributed by atoms with Gasteiger partial charge in [-0.2, -0.15) is 0 Å². The van der Waals surface area contributed by atoms with Crippen LogP contribution in [0.2, 0.25) is 0 Å². The van der Waals surface area contributed by atoms with E-state index in [0.29, 0.717) is 11.5 Å². The van der Waals surface area contributed by atoms with Crippen molar-refractivity contribution < 1.29 is 24.5 Å². The first-order valence-corrected chi connectivity index (χ1v) is 7.06. The minimum absolute atomic E-state index is 0.153. The first-order chi connectivity index (χ1) is 10.9. The van der Waals surface area contributed by atoms with Gasteiger partial charge in [0.15, 0.2) is 5.78 Å². The summed E-state index contributed by atoms with van der Waals surface area (Å²) >= 11 is 0. The summed E-state index contributed by atoms with van der Waals surface area (Å²) in [6, 6.07) is 6.91. The molecule has 6 nitrogen and oxygen atoms in total. The third-order valence-electron chi connectivity index (χ3n) is 3.46. The second-order valence-electron chi connectivity index (χ2n) is 5.16. The predicted octanol–water partition coefficient (Wildman–Crippen LogP) is 3.24. The maximum Gasteiger partial charge on any atom is 0.303 e. The SMILES string of the molecule is Cc1cccc(Oc2cnc(C(=O)CCC(=O)O)c(O)c2)c1C. The molecule has 0 amide bonds. The summed E-state index contributed by atoms with van der Waals surface area (Å²) in [4.78, 5) is 26.2. The highest BCUT2D eigenvalue weighted by Crippen LogP contribution is 2.29. The van der Waals surface area contributed by atoms with Crippen molar-refractivity contribution in [2.24, 2.45) is 0 Å². The third kappa shape index (κ3) is 4.06. The minimum Gasteiger partial charge on any atom is -0.505 e. The molecule has 0 aliphatic carbocycles. The van der Waals surface area contributed by atoms with Gasteiger partial charge in [-0.05, 0) is 31.0 Å². The lowest BCUT2D eigenvalue weighted by molar-refractivity contribution is -0.136. The Morgan fingerprint density at radius 3 is 2.61 bits per heavy atom. The maximum absolute atomic E-state index is 11.8. The Kier molecular flexibility index (Phi) is 4.95. The molecule has 0 saturated carbocycles. The van der Waals surface area contributed by atoms with Gasteiger partial charge in [0.05, 0.1) is 12.6 Å². The number of ether oxygens (including phenoxy) is 1. The van der Waals surface area contributed by atoms with E-state index >= 15 is 0 Å². The van der Waals surface area contributed by atoms with Gasteiger partial charge in [0.25, 0.3) is 0 Å². The highest BCUT2D eigenvalue weighted by atomic mass is 16.5. The van der Waals surface area contributed by atoms with Crippen molar-refractivity contribution in [2.75, 3.05) is 0 Å². The lowest BCUT2D eigenvalue weighted by Gasteiger charge is -2.11. The molecule has 1 heterocycles. The first kappa shape index (κ1) is 16.5. The van der Waals surface area contributed by atoms with E-state index in [1.54, 1.807) is 6.07 Å². The molecule has 0 saturated heterocycles. The average Bonchev–Trinajstić information content (AvgIpc) is 2.49. The number of nitrogens with zero attached hydrogens (tertiary/aromatic N) is 1. The predicted molar refractivity (Wildman–Crippen MR) is 83.1 cm³/mol. The molecule has 0 fully saturated rings. The lowest BCUT2D eigenvalue weighted by Crippen LogP contribution is -2.06. The fourth-order valence-corrected chi connectivity index (χ4v) is 2.01. The Morgan fingerprint density at radius 1 is 1.22 bits per heavy atom. The number of hydrogen-bond donors (Lipinski definition) is 2. The summed E-state index contributed by atoms with van der Waals surface area (Å²) in [6.07, 6.45) is 0.809. The quantitative estimate of drug-likeness (QED) is 0.794. The molecule has 0 atom stereocenters. The number of carbonyl (C=O) groups is 2. The molecule has 2 aromatic rings. The maximum atomic E-state index is 11.8. The normalized spacial score (nSPS) is 10.3. The van der Waals surface area contributed by atoms with Crippen LogP contribution in [0.25, 0.3) is 0 Å². The van der Waals surface area contributed by atoms with Crippen LogP contribution in [0.5, 0.6) is 17.2 Å². The molecule has 0 unspecified atom stereocenters. The number of aromatic hydroxyl groups is 1.